The maximum Gasteiger partial charge on any atom is 0.178 e. The monoisotopic (exact) mass is 337 g/mol. The van der Waals surface area contributed by atoms with E-state index in [-0.39, 0.29) is 0 Å². The SMILES string of the molecule is Cc1nc2c(n1C1CCN(c3ccc4nnc(C)n4n3)C1)CCCC2. The first kappa shape index (κ1) is 14.9. The molecule has 3 aromatic rings. The summed E-state index contributed by atoms with van der Waals surface area (Å²) in [6.45, 7) is 6.11. The molecule has 0 aromatic carbocycles. The van der Waals surface area contributed by atoms with Crippen LogP contribution in [0.2, 0.25) is 0 Å². The maximum absolute atomic E-state index is 4.85. The fourth-order valence-corrected chi connectivity index (χ4v) is 4.40. The van der Waals surface area contributed by atoms with Crippen molar-refractivity contribution in [2.24, 2.45) is 0 Å². The molecule has 1 atom stereocenters. The molecule has 0 bridgehead atoms. The van der Waals surface area contributed by atoms with Gasteiger partial charge in [0.05, 0.1) is 11.7 Å². The molecule has 25 heavy (non-hydrogen) atoms. The van der Waals surface area contributed by atoms with E-state index in [9.17, 15) is 0 Å². The number of fused-ring (bicyclic) bond motifs is 2. The first-order valence-corrected chi connectivity index (χ1v) is 9.21. The highest BCUT2D eigenvalue weighted by atomic mass is 15.4. The summed E-state index contributed by atoms with van der Waals surface area (Å²) in [6, 6.07) is 4.55. The Kier molecular flexibility index (Phi) is 3.29. The molecule has 1 aliphatic carbocycles. The van der Waals surface area contributed by atoms with Gasteiger partial charge in [0.25, 0.3) is 0 Å². The third-order valence-electron chi connectivity index (χ3n) is 5.60. The van der Waals surface area contributed by atoms with Crippen LogP contribution < -0.4 is 4.90 Å². The average Bonchev–Trinajstić information content (AvgIpc) is 3.31. The highest BCUT2D eigenvalue weighted by Crippen LogP contribution is 2.31. The third kappa shape index (κ3) is 2.33. The maximum atomic E-state index is 4.85. The minimum Gasteiger partial charge on any atom is -0.353 e. The summed E-state index contributed by atoms with van der Waals surface area (Å²) in [6.07, 6.45) is 6.04. The fraction of sp³-hybridized carbons (Fsp3) is 0.556. The van der Waals surface area contributed by atoms with E-state index in [2.05, 4.69) is 32.7 Å². The fourth-order valence-electron chi connectivity index (χ4n) is 4.40. The summed E-state index contributed by atoms with van der Waals surface area (Å²) >= 11 is 0. The van der Waals surface area contributed by atoms with Crippen LogP contribution in [-0.4, -0.2) is 42.5 Å². The van der Waals surface area contributed by atoms with Crippen molar-refractivity contribution in [3.63, 3.8) is 0 Å². The van der Waals surface area contributed by atoms with Crippen molar-refractivity contribution in [2.45, 2.75) is 52.0 Å². The van der Waals surface area contributed by atoms with Gasteiger partial charge in [-0.3, -0.25) is 0 Å². The minimum atomic E-state index is 0.494. The summed E-state index contributed by atoms with van der Waals surface area (Å²) in [5, 5.41) is 13.0. The summed E-state index contributed by atoms with van der Waals surface area (Å²) in [4.78, 5) is 7.22. The molecule has 5 rings (SSSR count). The van der Waals surface area contributed by atoms with Crippen molar-refractivity contribution >= 4 is 11.5 Å². The van der Waals surface area contributed by atoms with Crippen LogP contribution in [0, 0.1) is 13.8 Å². The Bertz CT molecular complexity index is 938. The van der Waals surface area contributed by atoms with Crippen molar-refractivity contribution in [3.05, 3.63) is 35.2 Å². The molecule has 1 unspecified atom stereocenters. The Morgan fingerprint density at radius 3 is 2.84 bits per heavy atom. The molecule has 1 fully saturated rings. The zero-order valence-electron chi connectivity index (χ0n) is 14.8. The van der Waals surface area contributed by atoms with Gasteiger partial charge in [0.1, 0.15) is 11.6 Å². The van der Waals surface area contributed by atoms with Gasteiger partial charge in [-0.25, -0.2) is 4.98 Å². The molecule has 130 valence electrons. The normalized spacial score (nSPS) is 20.4. The molecule has 1 saturated heterocycles. The first-order chi connectivity index (χ1) is 12.2. The summed E-state index contributed by atoms with van der Waals surface area (Å²) in [5.74, 6) is 3.01. The lowest BCUT2D eigenvalue weighted by Gasteiger charge is -2.21. The Labute approximate surface area is 146 Å². The van der Waals surface area contributed by atoms with Crippen LogP contribution >= 0.6 is 0 Å². The van der Waals surface area contributed by atoms with E-state index < -0.39 is 0 Å². The molecule has 4 heterocycles. The highest BCUT2D eigenvalue weighted by Gasteiger charge is 2.30. The number of aryl methyl sites for hydroxylation is 3. The predicted octanol–water partition coefficient (Wildman–Crippen LogP) is 2.27. The second-order valence-corrected chi connectivity index (χ2v) is 7.23. The van der Waals surface area contributed by atoms with Crippen molar-refractivity contribution < 1.29 is 0 Å². The van der Waals surface area contributed by atoms with Crippen molar-refractivity contribution in [1.29, 1.82) is 0 Å². The number of anilines is 1. The largest absolute Gasteiger partial charge is 0.353 e. The van der Waals surface area contributed by atoms with E-state index in [0.29, 0.717) is 6.04 Å². The molecule has 0 spiro atoms. The topological polar surface area (TPSA) is 64.1 Å². The van der Waals surface area contributed by atoms with Crippen LogP contribution in [0.1, 0.15) is 48.3 Å². The second-order valence-electron chi connectivity index (χ2n) is 7.23. The molecular weight excluding hydrogens is 314 g/mol. The van der Waals surface area contributed by atoms with Gasteiger partial charge < -0.3 is 9.47 Å². The van der Waals surface area contributed by atoms with E-state index in [0.717, 1.165) is 43.2 Å². The lowest BCUT2D eigenvalue weighted by molar-refractivity contribution is 0.504. The van der Waals surface area contributed by atoms with Gasteiger partial charge >= 0.3 is 0 Å². The summed E-state index contributed by atoms with van der Waals surface area (Å²) in [7, 11) is 0. The predicted molar refractivity (Wildman–Crippen MR) is 95.0 cm³/mol. The molecular formula is C18H23N7. The van der Waals surface area contributed by atoms with E-state index in [1.54, 1.807) is 0 Å². The number of rotatable bonds is 2. The Morgan fingerprint density at radius 1 is 1.04 bits per heavy atom. The highest BCUT2D eigenvalue weighted by molar-refractivity contribution is 5.46. The third-order valence-corrected chi connectivity index (χ3v) is 5.60. The van der Waals surface area contributed by atoms with Crippen molar-refractivity contribution in [3.8, 4) is 0 Å². The van der Waals surface area contributed by atoms with Gasteiger partial charge in [-0.2, -0.15) is 4.52 Å². The number of aromatic nitrogens is 6. The van der Waals surface area contributed by atoms with E-state index in [1.807, 2.05) is 17.5 Å². The molecule has 1 aliphatic heterocycles. The molecule has 0 saturated carbocycles. The number of hydrogen-bond acceptors (Lipinski definition) is 5. The van der Waals surface area contributed by atoms with Crippen LogP contribution in [0.5, 0.6) is 0 Å². The van der Waals surface area contributed by atoms with Crippen LogP contribution in [0.15, 0.2) is 12.1 Å². The minimum absolute atomic E-state index is 0.494. The van der Waals surface area contributed by atoms with Gasteiger partial charge in [0, 0.05) is 18.8 Å². The van der Waals surface area contributed by atoms with E-state index in [1.165, 1.54) is 36.5 Å². The average molecular weight is 337 g/mol. The van der Waals surface area contributed by atoms with Gasteiger partial charge in [0.2, 0.25) is 0 Å². The smallest absolute Gasteiger partial charge is 0.178 e. The zero-order chi connectivity index (χ0) is 17.0. The lowest BCUT2D eigenvalue weighted by Crippen LogP contribution is -2.24. The van der Waals surface area contributed by atoms with E-state index >= 15 is 0 Å². The quantitative estimate of drug-likeness (QED) is 0.718. The van der Waals surface area contributed by atoms with Crippen LogP contribution in [0.3, 0.4) is 0 Å². The van der Waals surface area contributed by atoms with Crippen molar-refractivity contribution in [2.75, 3.05) is 18.0 Å². The number of nitrogens with zero attached hydrogens (tertiary/aromatic N) is 7. The summed E-state index contributed by atoms with van der Waals surface area (Å²) in [5.41, 5.74) is 3.62. The molecule has 2 aliphatic rings. The van der Waals surface area contributed by atoms with Crippen LogP contribution in [0.25, 0.3) is 5.65 Å². The van der Waals surface area contributed by atoms with Crippen LogP contribution in [0.4, 0.5) is 5.82 Å². The Hall–Kier alpha value is -2.44. The molecule has 0 amide bonds. The molecule has 3 aromatic heterocycles. The second kappa shape index (κ2) is 5.54. The first-order valence-electron chi connectivity index (χ1n) is 9.21. The van der Waals surface area contributed by atoms with Gasteiger partial charge in [-0.15, -0.1) is 15.3 Å². The molecule has 0 radical (unpaired) electrons. The van der Waals surface area contributed by atoms with Crippen molar-refractivity contribution in [1.82, 2.24) is 29.4 Å². The van der Waals surface area contributed by atoms with Crippen LogP contribution in [-0.2, 0) is 12.8 Å². The Balaban J connectivity index is 1.44. The standard InChI is InChI=1S/C18H23N7/c1-12-19-15-5-3-4-6-16(15)24(12)14-9-10-23(11-14)18-8-7-17-21-20-13(2)25(17)22-18/h7-8,14H,3-6,9-11H2,1-2H3. The molecule has 0 N–H and O–H groups in total. The molecule has 7 heteroatoms. The Morgan fingerprint density at radius 2 is 1.92 bits per heavy atom. The van der Waals surface area contributed by atoms with Gasteiger partial charge in [-0.05, 0) is 58.1 Å². The zero-order valence-corrected chi connectivity index (χ0v) is 14.8. The summed E-state index contributed by atoms with van der Waals surface area (Å²) < 4.78 is 4.34. The molecule has 7 nitrogen and oxygen atoms in total. The van der Waals surface area contributed by atoms with Gasteiger partial charge in [0.15, 0.2) is 11.5 Å². The number of hydrogen-bond donors (Lipinski definition) is 0. The van der Waals surface area contributed by atoms with E-state index in [4.69, 9.17) is 10.1 Å². The lowest BCUT2D eigenvalue weighted by atomic mass is 10.0. The number of imidazole rings is 1. The van der Waals surface area contributed by atoms with Gasteiger partial charge in [-0.1, -0.05) is 0 Å².